The van der Waals surface area contributed by atoms with Crippen LogP contribution in [0.3, 0.4) is 0 Å². The molecule has 88 valence electrons. The van der Waals surface area contributed by atoms with Crippen LogP contribution < -0.4 is 9.47 Å². The van der Waals surface area contributed by atoms with Crippen LogP contribution >= 0.6 is 0 Å². The maximum absolute atomic E-state index is 9.47. The van der Waals surface area contributed by atoms with Crippen molar-refractivity contribution in [3.05, 3.63) is 23.3 Å². The van der Waals surface area contributed by atoms with Crippen LogP contribution in [0, 0.1) is 6.92 Å². The summed E-state index contributed by atoms with van der Waals surface area (Å²) in [7, 11) is 3.33. The van der Waals surface area contributed by atoms with Gasteiger partial charge in [0.05, 0.1) is 20.8 Å². The Bertz CT molecular complexity index is 394. The summed E-state index contributed by atoms with van der Waals surface area (Å²) < 4.78 is 10.7. The molecule has 1 saturated carbocycles. The van der Waals surface area contributed by atoms with Gasteiger partial charge in [-0.1, -0.05) is 0 Å². The fraction of sp³-hybridized carbons (Fsp3) is 0.538. The van der Waals surface area contributed by atoms with Crippen molar-refractivity contribution in [1.29, 1.82) is 0 Å². The zero-order valence-electron chi connectivity index (χ0n) is 10.0. The molecule has 16 heavy (non-hydrogen) atoms. The van der Waals surface area contributed by atoms with Gasteiger partial charge in [-0.2, -0.15) is 0 Å². The van der Waals surface area contributed by atoms with E-state index in [4.69, 9.17) is 9.47 Å². The molecule has 0 unspecified atom stereocenters. The van der Waals surface area contributed by atoms with Gasteiger partial charge in [0.15, 0.2) is 0 Å². The Labute approximate surface area is 96.0 Å². The molecule has 3 nitrogen and oxygen atoms in total. The van der Waals surface area contributed by atoms with Crippen LogP contribution in [0.4, 0.5) is 0 Å². The van der Waals surface area contributed by atoms with Gasteiger partial charge in [0.25, 0.3) is 0 Å². The maximum Gasteiger partial charge on any atom is 0.123 e. The summed E-state index contributed by atoms with van der Waals surface area (Å²) in [5.74, 6) is 1.71. The van der Waals surface area contributed by atoms with Crippen LogP contribution in [0.25, 0.3) is 0 Å². The number of ether oxygens (including phenoxy) is 2. The lowest BCUT2D eigenvalue weighted by Crippen LogP contribution is -2.13. The van der Waals surface area contributed by atoms with Crippen LogP contribution in [-0.2, 0) is 5.41 Å². The van der Waals surface area contributed by atoms with Gasteiger partial charge >= 0.3 is 0 Å². The standard InChI is InChI=1S/C13H18O3/c1-9-6-12(16-3)10(7-11(9)15-2)13(8-14)4-5-13/h6-7,14H,4-5,8H2,1-3H3. The summed E-state index contributed by atoms with van der Waals surface area (Å²) in [4.78, 5) is 0. The van der Waals surface area contributed by atoms with E-state index in [2.05, 4.69) is 0 Å². The van der Waals surface area contributed by atoms with Crippen LogP contribution in [0.2, 0.25) is 0 Å². The first-order valence-corrected chi connectivity index (χ1v) is 5.51. The third-order valence-electron chi connectivity index (χ3n) is 3.44. The van der Waals surface area contributed by atoms with Gasteiger partial charge in [0.2, 0.25) is 0 Å². The van der Waals surface area contributed by atoms with Crippen molar-refractivity contribution >= 4 is 0 Å². The van der Waals surface area contributed by atoms with E-state index in [1.807, 2.05) is 19.1 Å². The summed E-state index contributed by atoms with van der Waals surface area (Å²) in [6.07, 6.45) is 2.04. The van der Waals surface area contributed by atoms with Gasteiger partial charge in [-0.25, -0.2) is 0 Å². The largest absolute Gasteiger partial charge is 0.496 e. The fourth-order valence-corrected chi connectivity index (χ4v) is 2.13. The van der Waals surface area contributed by atoms with Crippen LogP contribution in [0.15, 0.2) is 12.1 Å². The highest BCUT2D eigenvalue weighted by Crippen LogP contribution is 2.52. The zero-order valence-corrected chi connectivity index (χ0v) is 10.0. The molecule has 0 heterocycles. The van der Waals surface area contributed by atoms with Crippen LogP contribution in [-0.4, -0.2) is 25.9 Å². The molecule has 1 aromatic carbocycles. The minimum atomic E-state index is -0.0909. The maximum atomic E-state index is 9.47. The average molecular weight is 222 g/mol. The Morgan fingerprint density at radius 2 is 1.81 bits per heavy atom. The third-order valence-corrected chi connectivity index (χ3v) is 3.44. The molecule has 1 aliphatic carbocycles. The molecule has 3 heteroatoms. The van der Waals surface area contributed by atoms with Gasteiger partial charge < -0.3 is 14.6 Å². The van der Waals surface area contributed by atoms with E-state index in [1.165, 1.54) is 0 Å². The highest BCUT2D eigenvalue weighted by atomic mass is 16.5. The summed E-state index contributed by atoms with van der Waals surface area (Å²) in [6.45, 7) is 2.17. The molecule has 1 aliphatic rings. The molecule has 0 aromatic heterocycles. The number of aliphatic hydroxyl groups excluding tert-OH is 1. The van der Waals surface area contributed by atoms with Crippen molar-refractivity contribution in [3.8, 4) is 11.5 Å². The lowest BCUT2D eigenvalue weighted by Gasteiger charge is -2.18. The average Bonchev–Trinajstić information content (AvgIpc) is 3.09. The summed E-state index contributed by atoms with van der Waals surface area (Å²) in [6, 6.07) is 3.97. The predicted octanol–water partition coefficient (Wildman–Crippen LogP) is 2.04. The lowest BCUT2D eigenvalue weighted by atomic mass is 9.94. The van der Waals surface area contributed by atoms with Gasteiger partial charge in [-0.3, -0.25) is 0 Å². The van der Waals surface area contributed by atoms with Gasteiger partial charge in [0.1, 0.15) is 11.5 Å². The molecule has 0 saturated heterocycles. The summed E-state index contributed by atoms with van der Waals surface area (Å²) in [5.41, 5.74) is 2.03. The Kier molecular flexibility index (Phi) is 2.80. The molecule has 0 spiro atoms. The topological polar surface area (TPSA) is 38.7 Å². The smallest absolute Gasteiger partial charge is 0.123 e. The van der Waals surface area contributed by atoms with E-state index >= 15 is 0 Å². The number of aliphatic hydroxyl groups is 1. The second-order valence-corrected chi connectivity index (χ2v) is 4.46. The lowest BCUT2D eigenvalue weighted by molar-refractivity contribution is 0.251. The number of hydrogen-bond acceptors (Lipinski definition) is 3. The Hall–Kier alpha value is -1.22. The van der Waals surface area contributed by atoms with Gasteiger partial charge in [-0.05, 0) is 37.5 Å². The zero-order chi connectivity index (χ0) is 11.8. The first-order valence-electron chi connectivity index (χ1n) is 5.51. The molecular weight excluding hydrogens is 204 g/mol. The van der Waals surface area contributed by atoms with Crippen molar-refractivity contribution in [2.24, 2.45) is 0 Å². The molecule has 2 rings (SSSR count). The molecule has 0 bridgehead atoms. The second kappa shape index (κ2) is 3.98. The van der Waals surface area contributed by atoms with E-state index in [0.717, 1.165) is 35.5 Å². The number of hydrogen-bond donors (Lipinski definition) is 1. The highest BCUT2D eigenvalue weighted by molar-refractivity contribution is 5.51. The SMILES string of the molecule is COc1cc(C2(CO)CC2)c(OC)cc1C. The Morgan fingerprint density at radius 3 is 2.25 bits per heavy atom. The van der Waals surface area contributed by atoms with E-state index in [9.17, 15) is 5.11 Å². The normalized spacial score (nSPS) is 17.0. The van der Waals surface area contributed by atoms with Gasteiger partial charge in [0, 0.05) is 11.0 Å². The Morgan fingerprint density at radius 1 is 1.19 bits per heavy atom. The molecule has 1 N–H and O–H groups in total. The molecule has 0 aliphatic heterocycles. The van der Waals surface area contributed by atoms with Crippen LogP contribution in [0.1, 0.15) is 24.0 Å². The molecule has 1 fully saturated rings. The minimum Gasteiger partial charge on any atom is -0.496 e. The number of methoxy groups -OCH3 is 2. The van der Waals surface area contributed by atoms with E-state index < -0.39 is 0 Å². The first-order chi connectivity index (χ1) is 7.66. The minimum absolute atomic E-state index is 0.0909. The predicted molar refractivity (Wildman–Crippen MR) is 62.3 cm³/mol. The van der Waals surface area contributed by atoms with Gasteiger partial charge in [-0.15, -0.1) is 0 Å². The number of rotatable bonds is 4. The monoisotopic (exact) mass is 222 g/mol. The number of aryl methyl sites for hydroxylation is 1. The van der Waals surface area contributed by atoms with E-state index in [1.54, 1.807) is 14.2 Å². The molecule has 1 aromatic rings. The molecule has 0 atom stereocenters. The molecular formula is C13H18O3. The van der Waals surface area contributed by atoms with Crippen molar-refractivity contribution < 1.29 is 14.6 Å². The van der Waals surface area contributed by atoms with Crippen molar-refractivity contribution in [1.82, 2.24) is 0 Å². The quantitative estimate of drug-likeness (QED) is 0.847. The molecule has 0 radical (unpaired) electrons. The second-order valence-electron chi connectivity index (χ2n) is 4.46. The third kappa shape index (κ3) is 1.65. The summed E-state index contributed by atoms with van der Waals surface area (Å²) in [5, 5.41) is 9.47. The Balaban J connectivity index is 2.50. The van der Waals surface area contributed by atoms with E-state index in [0.29, 0.717) is 0 Å². The molecule has 0 amide bonds. The van der Waals surface area contributed by atoms with E-state index in [-0.39, 0.29) is 12.0 Å². The first kappa shape index (κ1) is 11.3. The fourth-order valence-electron chi connectivity index (χ4n) is 2.13. The van der Waals surface area contributed by atoms with Crippen molar-refractivity contribution in [3.63, 3.8) is 0 Å². The summed E-state index contributed by atoms with van der Waals surface area (Å²) >= 11 is 0. The highest BCUT2D eigenvalue weighted by Gasteiger charge is 2.46. The van der Waals surface area contributed by atoms with Crippen LogP contribution in [0.5, 0.6) is 11.5 Å². The van der Waals surface area contributed by atoms with Crippen molar-refractivity contribution in [2.75, 3.05) is 20.8 Å². The van der Waals surface area contributed by atoms with Crippen molar-refractivity contribution in [2.45, 2.75) is 25.2 Å². The number of benzene rings is 1.